The van der Waals surface area contributed by atoms with E-state index in [2.05, 4.69) is 46.6 Å². The largest absolute Gasteiger partial charge is 0.467 e. The van der Waals surface area contributed by atoms with E-state index in [1.807, 2.05) is 12.1 Å². The van der Waals surface area contributed by atoms with Crippen LogP contribution in [0.3, 0.4) is 0 Å². The molecule has 1 amide bonds. The van der Waals surface area contributed by atoms with Crippen LogP contribution in [0.25, 0.3) is 0 Å². The summed E-state index contributed by atoms with van der Waals surface area (Å²) >= 11 is 2.73. The van der Waals surface area contributed by atoms with Gasteiger partial charge >= 0.3 is 0 Å². The van der Waals surface area contributed by atoms with Crippen LogP contribution in [0.4, 0.5) is 10.3 Å². The molecule has 3 aromatic rings. The van der Waals surface area contributed by atoms with E-state index in [1.165, 1.54) is 22.7 Å². The third-order valence-electron chi connectivity index (χ3n) is 3.02. The Kier molecular flexibility index (Phi) is 4.63. The van der Waals surface area contributed by atoms with E-state index in [4.69, 9.17) is 4.42 Å². The number of nitrogens with one attached hydrogen (secondary N) is 2. The fourth-order valence-electron chi connectivity index (χ4n) is 1.77. The maximum absolute atomic E-state index is 12.2. The van der Waals surface area contributed by atoms with Crippen molar-refractivity contribution in [2.75, 3.05) is 10.6 Å². The van der Waals surface area contributed by atoms with Crippen molar-refractivity contribution in [2.24, 2.45) is 0 Å². The van der Waals surface area contributed by atoms with Crippen LogP contribution in [0.2, 0.25) is 0 Å². The monoisotopic (exact) mass is 363 g/mol. The Morgan fingerprint density at radius 1 is 1.29 bits per heavy atom. The zero-order chi connectivity index (χ0) is 17.2. The highest BCUT2D eigenvalue weighted by Gasteiger charge is 2.20. The van der Waals surface area contributed by atoms with E-state index >= 15 is 0 Å². The van der Waals surface area contributed by atoms with Gasteiger partial charge in [-0.15, -0.1) is 21.5 Å². The van der Waals surface area contributed by atoms with Crippen molar-refractivity contribution in [1.82, 2.24) is 15.2 Å². The number of carbonyl (C=O) groups is 1. The topological polar surface area (TPSA) is 92.9 Å². The summed E-state index contributed by atoms with van der Waals surface area (Å²) in [6, 6.07) is 3.70. The Labute approximate surface area is 147 Å². The van der Waals surface area contributed by atoms with E-state index in [0.29, 0.717) is 22.5 Å². The SMILES string of the molecule is CC(C)(C)c1nnc(NC(=O)c2csc(NCc3ccco3)n2)s1. The smallest absolute Gasteiger partial charge is 0.277 e. The lowest BCUT2D eigenvalue weighted by Gasteiger charge is -2.12. The van der Waals surface area contributed by atoms with Gasteiger partial charge in [0.25, 0.3) is 5.91 Å². The molecule has 0 saturated carbocycles. The standard InChI is InChI=1S/C15H17N5O2S2/c1-15(2,3)12-19-20-14(24-12)18-11(21)10-8-23-13(17-10)16-7-9-5-4-6-22-9/h4-6,8H,7H2,1-3H3,(H,16,17)(H,18,20,21). The van der Waals surface area contributed by atoms with Crippen molar-refractivity contribution in [3.63, 3.8) is 0 Å². The molecule has 0 aliphatic heterocycles. The molecule has 126 valence electrons. The summed E-state index contributed by atoms with van der Waals surface area (Å²) in [4.78, 5) is 16.5. The number of thiazole rings is 1. The molecule has 0 aliphatic rings. The predicted octanol–water partition coefficient (Wildman–Crippen LogP) is 3.75. The molecule has 0 saturated heterocycles. The lowest BCUT2D eigenvalue weighted by Crippen LogP contribution is -2.12. The summed E-state index contributed by atoms with van der Waals surface area (Å²) in [5.74, 6) is 0.508. The van der Waals surface area contributed by atoms with Gasteiger partial charge in [-0.25, -0.2) is 4.98 Å². The second-order valence-corrected chi connectivity index (χ2v) is 7.92. The summed E-state index contributed by atoms with van der Waals surface area (Å²) in [6.07, 6.45) is 1.62. The molecular weight excluding hydrogens is 346 g/mol. The highest BCUT2D eigenvalue weighted by Crippen LogP contribution is 2.28. The molecule has 0 spiro atoms. The fourth-order valence-corrected chi connectivity index (χ4v) is 3.26. The van der Waals surface area contributed by atoms with Crippen LogP contribution in [-0.4, -0.2) is 21.1 Å². The lowest BCUT2D eigenvalue weighted by molar-refractivity contribution is 0.102. The van der Waals surface area contributed by atoms with Crippen LogP contribution in [0.1, 0.15) is 42.0 Å². The van der Waals surface area contributed by atoms with Gasteiger partial charge in [0.2, 0.25) is 5.13 Å². The summed E-state index contributed by atoms with van der Waals surface area (Å²) in [5, 5.41) is 17.7. The summed E-state index contributed by atoms with van der Waals surface area (Å²) in [6.45, 7) is 6.68. The number of amides is 1. The number of hydrogen-bond donors (Lipinski definition) is 2. The molecule has 3 rings (SSSR count). The fraction of sp³-hybridized carbons (Fsp3) is 0.333. The zero-order valence-electron chi connectivity index (χ0n) is 13.5. The second kappa shape index (κ2) is 6.70. The average Bonchev–Trinajstić information content (AvgIpc) is 3.25. The van der Waals surface area contributed by atoms with E-state index in [9.17, 15) is 4.79 Å². The highest BCUT2D eigenvalue weighted by atomic mass is 32.1. The van der Waals surface area contributed by atoms with Crippen molar-refractivity contribution in [3.8, 4) is 0 Å². The maximum Gasteiger partial charge on any atom is 0.277 e. The molecule has 9 heteroatoms. The molecule has 0 aromatic carbocycles. The van der Waals surface area contributed by atoms with E-state index in [-0.39, 0.29) is 11.3 Å². The normalized spacial score (nSPS) is 11.5. The lowest BCUT2D eigenvalue weighted by atomic mass is 9.98. The number of hydrogen-bond acceptors (Lipinski definition) is 8. The molecule has 0 atom stereocenters. The van der Waals surface area contributed by atoms with Crippen LogP contribution in [-0.2, 0) is 12.0 Å². The highest BCUT2D eigenvalue weighted by molar-refractivity contribution is 7.15. The minimum Gasteiger partial charge on any atom is -0.467 e. The molecule has 2 N–H and O–H groups in total. The van der Waals surface area contributed by atoms with Gasteiger partial charge in [-0.3, -0.25) is 10.1 Å². The number of rotatable bonds is 5. The van der Waals surface area contributed by atoms with E-state index in [1.54, 1.807) is 11.6 Å². The molecule has 0 unspecified atom stereocenters. The van der Waals surface area contributed by atoms with Crippen molar-refractivity contribution >= 4 is 38.8 Å². The van der Waals surface area contributed by atoms with Crippen LogP contribution in [0, 0.1) is 0 Å². The van der Waals surface area contributed by atoms with Crippen LogP contribution in [0.5, 0.6) is 0 Å². The summed E-state index contributed by atoms with van der Waals surface area (Å²) in [7, 11) is 0. The predicted molar refractivity (Wildman–Crippen MR) is 94.7 cm³/mol. The molecule has 3 aromatic heterocycles. The Morgan fingerprint density at radius 2 is 2.12 bits per heavy atom. The second-order valence-electron chi connectivity index (χ2n) is 6.09. The number of carbonyl (C=O) groups excluding carboxylic acids is 1. The quantitative estimate of drug-likeness (QED) is 0.717. The molecule has 0 bridgehead atoms. The van der Waals surface area contributed by atoms with Gasteiger partial charge in [0.05, 0.1) is 12.8 Å². The third kappa shape index (κ3) is 3.98. The van der Waals surface area contributed by atoms with Gasteiger partial charge in [0, 0.05) is 10.8 Å². The van der Waals surface area contributed by atoms with Gasteiger partial charge < -0.3 is 9.73 Å². The van der Waals surface area contributed by atoms with E-state index in [0.717, 1.165) is 10.8 Å². The Morgan fingerprint density at radius 3 is 2.79 bits per heavy atom. The first-order valence-corrected chi connectivity index (χ1v) is 8.98. The molecule has 0 radical (unpaired) electrons. The first kappa shape index (κ1) is 16.6. The first-order valence-electron chi connectivity index (χ1n) is 7.29. The average molecular weight is 363 g/mol. The van der Waals surface area contributed by atoms with Gasteiger partial charge in [-0.1, -0.05) is 32.1 Å². The van der Waals surface area contributed by atoms with Crippen LogP contribution >= 0.6 is 22.7 Å². The Balaban J connectivity index is 1.60. The first-order chi connectivity index (χ1) is 11.4. The number of nitrogens with zero attached hydrogens (tertiary/aromatic N) is 3. The molecular formula is C15H17N5O2S2. The van der Waals surface area contributed by atoms with Crippen molar-refractivity contribution in [3.05, 3.63) is 40.2 Å². The summed E-state index contributed by atoms with van der Waals surface area (Å²) < 4.78 is 5.24. The van der Waals surface area contributed by atoms with Gasteiger partial charge in [-0.05, 0) is 12.1 Å². The van der Waals surface area contributed by atoms with Gasteiger partial charge in [-0.2, -0.15) is 0 Å². The number of anilines is 2. The Bertz CT molecular complexity index is 817. The Hall–Kier alpha value is -2.26. The maximum atomic E-state index is 12.2. The van der Waals surface area contributed by atoms with Crippen LogP contribution in [0.15, 0.2) is 28.2 Å². The minimum atomic E-state index is -0.297. The van der Waals surface area contributed by atoms with Gasteiger partial charge in [0.1, 0.15) is 16.5 Å². The van der Waals surface area contributed by atoms with Crippen molar-refractivity contribution < 1.29 is 9.21 Å². The molecule has 0 aliphatic carbocycles. The molecule has 3 heterocycles. The number of furan rings is 1. The number of aromatic nitrogens is 3. The van der Waals surface area contributed by atoms with Crippen LogP contribution < -0.4 is 10.6 Å². The molecule has 7 nitrogen and oxygen atoms in total. The van der Waals surface area contributed by atoms with Gasteiger partial charge in [0.15, 0.2) is 5.13 Å². The zero-order valence-corrected chi connectivity index (χ0v) is 15.1. The van der Waals surface area contributed by atoms with Crippen molar-refractivity contribution in [2.45, 2.75) is 32.7 Å². The van der Waals surface area contributed by atoms with E-state index < -0.39 is 0 Å². The summed E-state index contributed by atoms with van der Waals surface area (Å²) in [5.41, 5.74) is 0.249. The third-order valence-corrected chi connectivity index (χ3v) is 5.08. The molecule has 24 heavy (non-hydrogen) atoms. The van der Waals surface area contributed by atoms with Crippen molar-refractivity contribution in [1.29, 1.82) is 0 Å². The molecule has 0 fully saturated rings. The minimum absolute atomic E-state index is 0.0930.